The number of fused-ring (bicyclic) bond motifs is 1. The molecule has 2 N–H and O–H groups in total. The van der Waals surface area contributed by atoms with E-state index in [0.29, 0.717) is 17.9 Å². The zero-order chi connectivity index (χ0) is 11.5. The van der Waals surface area contributed by atoms with Crippen LogP contribution in [0.2, 0.25) is 0 Å². The maximum Gasteiger partial charge on any atom is 0.0466 e. The van der Waals surface area contributed by atoms with Crippen LogP contribution in [0, 0.1) is 5.92 Å². The molecule has 2 unspecified atom stereocenters. The van der Waals surface area contributed by atoms with Gasteiger partial charge in [-0.1, -0.05) is 19.9 Å². The number of hydrogen-bond donors (Lipinski definition) is 1. The van der Waals surface area contributed by atoms with E-state index in [2.05, 4.69) is 24.9 Å². The summed E-state index contributed by atoms with van der Waals surface area (Å²) in [7, 11) is 0. The van der Waals surface area contributed by atoms with E-state index in [1.54, 1.807) is 0 Å². The lowest BCUT2D eigenvalue weighted by molar-refractivity contribution is 0.428. The van der Waals surface area contributed by atoms with Gasteiger partial charge in [-0.2, -0.15) is 0 Å². The predicted octanol–water partition coefficient (Wildman–Crippen LogP) is 2.87. The normalized spacial score (nSPS) is 21.1. The molecule has 2 heteroatoms. The first-order valence-corrected chi connectivity index (χ1v) is 6.38. The number of aromatic nitrogens is 1. The Hall–Kier alpha value is -0.890. The lowest BCUT2D eigenvalue weighted by Gasteiger charge is -2.18. The Bertz CT molecular complexity index is 346. The van der Waals surface area contributed by atoms with Crippen molar-refractivity contribution in [3.05, 3.63) is 29.6 Å². The van der Waals surface area contributed by atoms with Gasteiger partial charge in [0.25, 0.3) is 0 Å². The fourth-order valence-corrected chi connectivity index (χ4v) is 2.50. The van der Waals surface area contributed by atoms with Gasteiger partial charge in [0.15, 0.2) is 0 Å². The van der Waals surface area contributed by atoms with Gasteiger partial charge in [-0.3, -0.25) is 4.98 Å². The number of rotatable bonds is 4. The van der Waals surface area contributed by atoms with Gasteiger partial charge in [0.05, 0.1) is 0 Å². The van der Waals surface area contributed by atoms with E-state index in [9.17, 15) is 0 Å². The Morgan fingerprint density at radius 3 is 3.06 bits per heavy atom. The molecule has 88 valence electrons. The summed E-state index contributed by atoms with van der Waals surface area (Å²) < 4.78 is 0. The largest absolute Gasteiger partial charge is 0.327 e. The molecule has 2 atom stereocenters. The Kier molecular flexibility index (Phi) is 3.59. The molecule has 1 aliphatic carbocycles. The Morgan fingerprint density at radius 2 is 2.31 bits per heavy atom. The zero-order valence-corrected chi connectivity index (χ0v) is 10.3. The third-order valence-electron chi connectivity index (χ3n) is 3.78. The molecule has 0 aromatic carbocycles. The molecule has 2 nitrogen and oxygen atoms in total. The van der Waals surface area contributed by atoms with E-state index in [4.69, 9.17) is 5.73 Å². The van der Waals surface area contributed by atoms with E-state index in [1.807, 2.05) is 12.3 Å². The average molecular weight is 218 g/mol. The van der Waals surface area contributed by atoms with Crippen molar-refractivity contribution < 1.29 is 0 Å². The summed E-state index contributed by atoms with van der Waals surface area (Å²) in [4.78, 5) is 4.52. The second-order valence-corrected chi connectivity index (χ2v) is 5.27. The fraction of sp³-hybridized carbons (Fsp3) is 0.643. The molecule has 0 spiro atoms. The van der Waals surface area contributed by atoms with E-state index in [1.165, 1.54) is 30.5 Å². The number of nitrogens with zero attached hydrogens (tertiary/aromatic N) is 1. The van der Waals surface area contributed by atoms with Crippen LogP contribution in [0.15, 0.2) is 18.3 Å². The lowest BCUT2D eigenvalue weighted by atomic mass is 9.93. The van der Waals surface area contributed by atoms with Crippen LogP contribution in [0.4, 0.5) is 0 Å². The molecule has 0 aliphatic heterocycles. The van der Waals surface area contributed by atoms with Crippen molar-refractivity contribution in [2.45, 2.75) is 51.5 Å². The minimum Gasteiger partial charge on any atom is -0.327 e. The average Bonchev–Trinajstić information content (AvgIpc) is 2.69. The number of hydrogen-bond acceptors (Lipinski definition) is 2. The maximum absolute atomic E-state index is 6.09. The summed E-state index contributed by atoms with van der Waals surface area (Å²) in [5, 5.41) is 0. The summed E-state index contributed by atoms with van der Waals surface area (Å²) >= 11 is 0. The smallest absolute Gasteiger partial charge is 0.0466 e. The summed E-state index contributed by atoms with van der Waals surface area (Å²) in [6.45, 7) is 4.40. The predicted molar refractivity (Wildman–Crippen MR) is 67.3 cm³/mol. The first kappa shape index (κ1) is 11.6. The first-order chi connectivity index (χ1) is 7.68. The van der Waals surface area contributed by atoms with Crippen molar-refractivity contribution in [2.75, 3.05) is 0 Å². The highest BCUT2D eigenvalue weighted by Gasteiger charge is 2.23. The molecule has 2 rings (SSSR count). The third-order valence-corrected chi connectivity index (χ3v) is 3.78. The van der Waals surface area contributed by atoms with Crippen molar-refractivity contribution in [2.24, 2.45) is 11.7 Å². The van der Waals surface area contributed by atoms with E-state index < -0.39 is 0 Å². The van der Waals surface area contributed by atoms with Gasteiger partial charge < -0.3 is 5.73 Å². The monoisotopic (exact) mass is 218 g/mol. The van der Waals surface area contributed by atoms with Crippen LogP contribution in [-0.4, -0.2) is 11.0 Å². The van der Waals surface area contributed by atoms with Crippen molar-refractivity contribution in [1.29, 1.82) is 0 Å². The van der Waals surface area contributed by atoms with Crippen LogP contribution < -0.4 is 5.73 Å². The topological polar surface area (TPSA) is 38.9 Å². The lowest BCUT2D eigenvalue weighted by Crippen LogP contribution is -2.26. The molecular weight excluding hydrogens is 196 g/mol. The van der Waals surface area contributed by atoms with Gasteiger partial charge in [-0.25, -0.2) is 0 Å². The van der Waals surface area contributed by atoms with Crippen molar-refractivity contribution in [1.82, 2.24) is 4.98 Å². The Morgan fingerprint density at radius 1 is 1.50 bits per heavy atom. The van der Waals surface area contributed by atoms with E-state index >= 15 is 0 Å². The summed E-state index contributed by atoms with van der Waals surface area (Å²) in [5.74, 6) is 1.24. The summed E-state index contributed by atoms with van der Waals surface area (Å²) in [5.41, 5.74) is 8.88. The molecule has 0 amide bonds. The summed E-state index contributed by atoms with van der Waals surface area (Å²) in [6, 6.07) is 4.60. The van der Waals surface area contributed by atoms with Crippen molar-refractivity contribution in [3.8, 4) is 0 Å². The molecule has 1 aromatic rings. The van der Waals surface area contributed by atoms with E-state index in [0.717, 1.165) is 6.42 Å². The minimum absolute atomic E-state index is 0.341. The van der Waals surface area contributed by atoms with Gasteiger partial charge >= 0.3 is 0 Å². The molecule has 1 aromatic heterocycles. The fourth-order valence-electron chi connectivity index (χ4n) is 2.50. The van der Waals surface area contributed by atoms with Gasteiger partial charge in [0, 0.05) is 23.9 Å². The number of nitrogens with two attached hydrogens (primary N) is 1. The second-order valence-electron chi connectivity index (χ2n) is 5.27. The molecule has 1 heterocycles. The molecular formula is C14H22N2. The molecule has 16 heavy (non-hydrogen) atoms. The number of pyridine rings is 1. The van der Waals surface area contributed by atoms with Crippen LogP contribution in [-0.2, 0) is 6.42 Å². The second kappa shape index (κ2) is 4.96. The standard InChI is InChI=1S/C14H22N2/c1-10(2)13(15)8-7-12-6-5-11-4-3-9-16-14(11)12/h3-4,9-10,12-13H,5-8,15H2,1-2H3. The maximum atomic E-state index is 6.09. The van der Waals surface area contributed by atoms with Gasteiger partial charge in [0.1, 0.15) is 0 Å². The van der Waals surface area contributed by atoms with Crippen molar-refractivity contribution in [3.63, 3.8) is 0 Å². The minimum atomic E-state index is 0.341. The number of aryl methyl sites for hydroxylation is 1. The molecule has 0 bridgehead atoms. The van der Waals surface area contributed by atoms with Crippen LogP contribution in [0.25, 0.3) is 0 Å². The Labute approximate surface area is 98.3 Å². The molecule has 1 aliphatic rings. The molecule has 0 radical (unpaired) electrons. The third kappa shape index (κ3) is 2.43. The highest BCUT2D eigenvalue weighted by atomic mass is 14.7. The van der Waals surface area contributed by atoms with Gasteiger partial charge in [0.2, 0.25) is 0 Å². The first-order valence-electron chi connectivity index (χ1n) is 6.38. The van der Waals surface area contributed by atoms with E-state index in [-0.39, 0.29) is 0 Å². The quantitative estimate of drug-likeness (QED) is 0.844. The van der Waals surface area contributed by atoms with Gasteiger partial charge in [-0.15, -0.1) is 0 Å². The molecule has 0 saturated carbocycles. The van der Waals surface area contributed by atoms with Crippen LogP contribution in [0.1, 0.15) is 50.3 Å². The van der Waals surface area contributed by atoms with Crippen LogP contribution in [0.5, 0.6) is 0 Å². The summed E-state index contributed by atoms with van der Waals surface area (Å²) in [6.07, 6.45) is 6.70. The van der Waals surface area contributed by atoms with Crippen molar-refractivity contribution >= 4 is 0 Å². The molecule has 0 saturated heterocycles. The zero-order valence-electron chi connectivity index (χ0n) is 10.3. The highest BCUT2D eigenvalue weighted by molar-refractivity contribution is 5.28. The van der Waals surface area contributed by atoms with Gasteiger partial charge in [-0.05, 0) is 43.2 Å². The van der Waals surface area contributed by atoms with Crippen LogP contribution >= 0.6 is 0 Å². The SMILES string of the molecule is CC(C)C(N)CCC1CCc2cccnc21. The van der Waals surface area contributed by atoms with Crippen LogP contribution in [0.3, 0.4) is 0 Å². The molecule has 0 fully saturated rings. The highest BCUT2D eigenvalue weighted by Crippen LogP contribution is 2.34. The Balaban J connectivity index is 1.93.